The molecule has 0 bridgehead atoms. The summed E-state index contributed by atoms with van der Waals surface area (Å²) in [6.45, 7) is 10.2. The first kappa shape index (κ1) is 20.9. The van der Waals surface area contributed by atoms with Gasteiger partial charge in [-0.2, -0.15) is 14.6 Å². The van der Waals surface area contributed by atoms with Crippen molar-refractivity contribution in [3.63, 3.8) is 0 Å². The van der Waals surface area contributed by atoms with E-state index in [1.54, 1.807) is 6.08 Å². The summed E-state index contributed by atoms with van der Waals surface area (Å²) in [6, 6.07) is 9.75. The number of benzene rings is 1. The lowest BCUT2D eigenvalue weighted by molar-refractivity contribution is -0.112. The van der Waals surface area contributed by atoms with Crippen LogP contribution >= 0.6 is 23.3 Å². The maximum absolute atomic E-state index is 12.4. The van der Waals surface area contributed by atoms with Gasteiger partial charge in [0.15, 0.2) is 0 Å². The van der Waals surface area contributed by atoms with E-state index in [1.807, 2.05) is 44.2 Å². The predicted molar refractivity (Wildman–Crippen MR) is 113 cm³/mol. The maximum Gasteiger partial charge on any atom is 0.268 e. The summed E-state index contributed by atoms with van der Waals surface area (Å²) in [4.78, 5) is 18.9. The summed E-state index contributed by atoms with van der Waals surface area (Å²) >= 11 is 2.63. The van der Waals surface area contributed by atoms with Crippen LogP contribution in [0, 0.1) is 11.3 Å². The van der Waals surface area contributed by atoms with Gasteiger partial charge < -0.3 is 4.90 Å². The van der Waals surface area contributed by atoms with E-state index in [0.29, 0.717) is 15.5 Å². The van der Waals surface area contributed by atoms with Crippen LogP contribution in [0.15, 0.2) is 35.0 Å². The Morgan fingerprint density at radius 3 is 2.56 bits per heavy atom. The molecule has 27 heavy (non-hydrogen) atoms. The number of amides is 1. The zero-order valence-corrected chi connectivity index (χ0v) is 17.5. The van der Waals surface area contributed by atoms with E-state index in [0.717, 1.165) is 35.9 Å². The smallest absolute Gasteiger partial charge is 0.268 e. The lowest BCUT2D eigenvalue weighted by Crippen LogP contribution is -2.21. The SMILES string of the molecule is CCN(CC)c1ccc(/C=C(/C#N)C(=O)Nc2nc(SC(C)C)ns2)cc1. The largest absolute Gasteiger partial charge is 0.372 e. The molecule has 8 heteroatoms. The molecule has 0 spiro atoms. The number of carbonyl (C=O) groups excluding carboxylic acids is 1. The number of hydrogen-bond donors (Lipinski definition) is 1. The van der Waals surface area contributed by atoms with Crippen LogP contribution in [0.3, 0.4) is 0 Å². The second-order valence-electron chi connectivity index (χ2n) is 5.94. The third-order valence-corrected chi connectivity index (χ3v) is 5.28. The van der Waals surface area contributed by atoms with E-state index < -0.39 is 5.91 Å². The van der Waals surface area contributed by atoms with E-state index >= 15 is 0 Å². The van der Waals surface area contributed by atoms with Gasteiger partial charge in [0, 0.05) is 35.6 Å². The van der Waals surface area contributed by atoms with Crippen molar-refractivity contribution >= 4 is 46.1 Å². The number of nitrogens with zero attached hydrogens (tertiary/aromatic N) is 4. The quantitative estimate of drug-likeness (QED) is 0.400. The van der Waals surface area contributed by atoms with Gasteiger partial charge >= 0.3 is 0 Å². The number of carbonyl (C=O) groups is 1. The van der Waals surface area contributed by atoms with Crippen molar-refractivity contribution in [2.75, 3.05) is 23.3 Å². The topological polar surface area (TPSA) is 81.9 Å². The first-order valence-electron chi connectivity index (χ1n) is 8.75. The number of aromatic nitrogens is 2. The number of nitrogens with one attached hydrogen (secondary N) is 1. The summed E-state index contributed by atoms with van der Waals surface area (Å²) in [5.74, 6) is -0.484. The molecule has 2 rings (SSSR count). The van der Waals surface area contributed by atoms with Crippen LogP contribution in [0.25, 0.3) is 6.08 Å². The van der Waals surface area contributed by atoms with Gasteiger partial charge in [-0.05, 0) is 37.6 Å². The molecule has 0 fully saturated rings. The summed E-state index contributed by atoms with van der Waals surface area (Å²) in [6.07, 6.45) is 1.58. The molecule has 0 radical (unpaired) electrons. The molecule has 142 valence electrons. The van der Waals surface area contributed by atoms with E-state index in [2.05, 4.69) is 33.4 Å². The Morgan fingerprint density at radius 1 is 1.33 bits per heavy atom. The molecule has 1 amide bonds. The van der Waals surface area contributed by atoms with Gasteiger partial charge in [-0.1, -0.05) is 37.7 Å². The Labute approximate surface area is 168 Å². The monoisotopic (exact) mass is 401 g/mol. The van der Waals surface area contributed by atoms with Crippen LogP contribution in [0.4, 0.5) is 10.8 Å². The third-order valence-electron chi connectivity index (χ3n) is 3.67. The van der Waals surface area contributed by atoms with E-state index in [9.17, 15) is 10.1 Å². The molecule has 0 aliphatic rings. The summed E-state index contributed by atoms with van der Waals surface area (Å²) in [5, 5.41) is 13.4. The van der Waals surface area contributed by atoms with Crippen molar-refractivity contribution in [1.29, 1.82) is 5.26 Å². The van der Waals surface area contributed by atoms with Crippen molar-refractivity contribution in [2.45, 2.75) is 38.1 Å². The minimum Gasteiger partial charge on any atom is -0.372 e. The van der Waals surface area contributed by atoms with Gasteiger partial charge in [-0.3, -0.25) is 10.1 Å². The van der Waals surface area contributed by atoms with Crippen LogP contribution < -0.4 is 10.2 Å². The molecule has 1 N–H and O–H groups in total. The molecule has 0 atom stereocenters. The summed E-state index contributed by atoms with van der Waals surface area (Å²) < 4.78 is 4.19. The highest BCUT2D eigenvalue weighted by Gasteiger charge is 2.13. The van der Waals surface area contributed by atoms with Gasteiger partial charge in [0.1, 0.15) is 11.6 Å². The molecule has 1 aromatic carbocycles. The molecular weight excluding hydrogens is 378 g/mol. The average Bonchev–Trinajstić information content (AvgIpc) is 3.07. The standard InChI is InChI=1S/C19H23N5OS2/c1-5-24(6-2)16-9-7-14(8-10-16)11-15(12-20)17(25)21-18-22-19(23-27-18)26-13(3)4/h7-11,13H,5-6H2,1-4H3,(H,21,22,23,25)/b15-11-. The minimum atomic E-state index is -0.484. The van der Waals surface area contributed by atoms with Gasteiger partial charge in [-0.15, -0.1) is 0 Å². The Balaban J connectivity index is 2.09. The fourth-order valence-corrected chi connectivity index (χ4v) is 3.75. The lowest BCUT2D eigenvalue weighted by atomic mass is 10.1. The fraction of sp³-hybridized carbons (Fsp3) is 0.368. The Hall–Kier alpha value is -2.37. The number of rotatable bonds is 8. The first-order valence-corrected chi connectivity index (χ1v) is 10.4. The van der Waals surface area contributed by atoms with Crippen LogP contribution in [0.5, 0.6) is 0 Å². The Kier molecular flexibility index (Phi) is 7.82. The first-order chi connectivity index (χ1) is 13.0. The highest BCUT2D eigenvalue weighted by Crippen LogP contribution is 2.24. The average molecular weight is 402 g/mol. The Bertz CT molecular complexity index is 833. The van der Waals surface area contributed by atoms with Crippen LogP contribution in [0.2, 0.25) is 0 Å². The molecule has 6 nitrogen and oxygen atoms in total. The summed E-state index contributed by atoms with van der Waals surface area (Å²) in [5.41, 5.74) is 1.94. The molecule has 0 aliphatic carbocycles. The van der Waals surface area contributed by atoms with Crippen LogP contribution in [0.1, 0.15) is 33.3 Å². The zero-order valence-electron chi connectivity index (χ0n) is 15.9. The van der Waals surface area contributed by atoms with Crippen molar-refractivity contribution in [3.8, 4) is 6.07 Å². The number of thioether (sulfide) groups is 1. The highest BCUT2D eigenvalue weighted by atomic mass is 32.2. The lowest BCUT2D eigenvalue weighted by Gasteiger charge is -2.20. The van der Waals surface area contributed by atoms with Crippen LogP contribution in [-0.4, -0.2) is 33.6 Å². The predicted octanol–water partition coefficient (Wildman–Crippen LogP) is 4.43. The molecular formula is C19H23N5OS2. The van der Waals surface area contributed by atoms with Crippen molar-refractivity contribution in [1.82, 2.24) is 9.36 Å². The highest BCUT2D eigenvalue weighted by molar-refractivity contribution is 7.99. The third kappa shape index (κ3) is 6.08. The molecule has 0 aliphatic heterocycles. The van der Waals surface area contributed by atoms with E-state index in [-0.39, 0.29) is 5.57 Å². The van der Waals surface area contributed by atoms with E-state index in [1.165, 1.54) is 11.8 Å². The molecule has 0 saturated heterocycles. The second kappa shape index (κ2) is 10.1. The van der Waals surface area contributed by atoms with Gasteiger partial charge in [0.05, 0.1) is 0 Å². The second-order valence-corrected chi connectivity index (χ2v) is 8.23. The number of anilines is 2. The van der Waals surface area contributed by atoms with Gasteiger partial charge in [-0.25, -0.2) is 0 Å². The minimum absolute atomic E-state index is 0.0267. The summed E-state index contributed by atoms with van der Waals surface area (Å²) in [7, 11) is 0. The molecule has 0 unspecified atom stereocenters. The van der Waals surface area contributed by atoms with Crippen LogP contribution in [-0.2, 0) is 4.79 Å². The van der Waals surface area contributed by atoms with Gasteiger partial charge in [0.2, 0.25) is 10.3 Å². The van der Waals surface area contributed by atoms with Gasteiger partial charge in [0.25, 0.3) is 5.91 Å². The van der Waals surface area contributed by atoms with E-state index in [4.69, 9.17) is 0 Å². The van der Waals surface area contributed by atoms with Crippen molar-refractivity contribution in [3.05, 3.63) is 35.4 Å². The zero-order chi connectivity index (χ0) is 19.8. The Morgan fingerprint density at radius 2 is 2.00 bits per heavy atom. The molecule has 1 heterocycles. The molecule has 2 aromatic rings. The number of nitriles is 1. The number of hydrogen-bond acceptors (Lipinski definition) is 7. The normalized spacial score (nSPS) is 11.3. The van der Waals surface area contributed by atoms with Crippen molar-refractivity contribution in [2.24, 2.45) is 0 Å². The molecule has 0 saturated carbocycles. The maximum atomic E-state index is 12.4. The fourth-order valence-electron chi connectivity index (χ4n) is 2.37. The molecule has 1 aromatic heterocycles. The van der Waals surface area contributed by atoms with Crippen molar-refractivity contribution < 1.29 is 4.79 Å².